The third-order valence-corrected chi connectivity index (χ3v) is 6.38. The average molecular weight is 400 g/mol. The number of hydrogen-bond acceptors (Lipinski definition) is 5. The number of urea groups is 1. The first-order valence-corrected chi connectivity index (χ1v) is 10.5. The van der Waals surface area contributed by atoms with E-state index in [1.807, 2.05) is 0 Å². The van der Waals surface area contributed by atoms with Crippen LogP contribution in [0.15, 0.2) is 24.3 Å². The van der Waals surface area contributed by atoms with Gasteiger partial charge in [-0.1, -0.05) is 6.07 Å². The third kappa shape index (κ3) is 4.54. The molecule has 5 rings (SSSR count). The molecule has 0 saturated heterocycles. The SMILES string of the molecule is CCOC(=O)c1cccc(OCC(=O)NC(=O)NC23CC4CC(CC(C4)C2)C3)c1. The normalized spacial score (nSPS) is 29.2. The molecule has 2 N–H and O–H groups in total. The van der Waals surface area contributed by atoms with Crippen LogP contribution in [0.1, 0.15) is 55.8 Å². The van der Waals surface area contributed by atoms with Crippen LogP contribution in [0.5, 0.6) is 5.75 Å². The van der Waals surface area contributed by atoms with E-state index in [2.05, 4.69) is 10.6 Å². The van der Waals surface area contributed by atoms with E-state index in [9.17, 15) is 14.4 Å². The summed E-state index contributed by atoms with van der Waals surface area (Å²) in [4.78, 5) is 36.3. The molecule has 0 aromatic heterocycles. The van der Waals surface area contributed by atoms with Crippen molar-refractivity contribution in [3.05, 3.63) is 29.8 Å². The van der Waals surface area contributed by atoms with E-state index in [-0.39, 0.29) is 18.8 Å². The lowest BCUT2D eigenvalue weighted by Crippen LogP contribution is -2.62. The van der Waals surface area contributed by atoms with Crippen LogP contribution in [0.4, 0.5) is 4.79 Å². The lowest BCUT2D eigenvalue weighted by molar-refractivity contribution is -0.122. The third-order valence-electron chi connectivity index (χ3n) is 6.38. The molecule has 1 aromatic carbocycles. The van der Waals surface area contributed by atoms with Crippen LogP contribution < -0.4 is 15.4 Å². The van der Waals surface area contributed by atoms with Gasteiger partial charge < -0.3 is 14.8 Å². The number of carbonyl (C=O) groups is 3. The Kier molecular flexibility index (Phi) is 5.48. The maximum Gasteiger partial charge on any atom is 0.338 e. The maximum absolute atomic E-state index is 12.4. The molecule has 4 aliphatic carbocycles. The molecule has 4 saturated carbocycles. The fourth-order valence-corrected chi connectivity index (χ4v) is 5.77. The number of hydrogen-bond donors (Lipinski definition) is 2. The van der Waals surface area contributed by atoms with Crippen LogP contribution in [0.2, 0.25) is 0 Å². The summed E-state index contributed by atoms with van der Waals surface area (Å²) >= 11 is 0. The molecule has 0 aliphatic heterocycles. The summed E-state index contributed by atoms with van der Waals surface area (Å²) in [6.07, 6.45) is 6.95. The van der Waals surface area contributed by atoms with Crippen molar-refractivity contribution in [2.45, 2.75) is 51.0 Å². The molecule has 0 heterocycles. The molecule has 4 bridgehead atoms. The fourth-order valence-electron chi connectivity index (χ4n) is 5.77. The average Bonchev–Trinajstić information content (AvgIpc) is 2.65. The van der Waals surface area contributed by atoms with E-state index in [0.717, 1.165) is 19.3 Å². The summed E-state index contributed by atoms with van der Waals surface area (Å²) in [7, 11) is 0. The monoisotopic (exact) mass is 400 g/mol. The van der Waals surface area contributed by atoms with Crippen molar-refractivity contribution in [3.8, 4) is 5.75 Å². The molecule has 4 aliphatic rings. The van der Waals surface area contributed by atoms with Gasteiger partial charge in [0, 0.05) is 5.54 Å². The lowest BCUT2D eigenvalue weighted by atomic mass is 9.53. The lowest BCUT2D eigenvalue weighted by Gasteiger charge is -2.56. The van der Waals surface area contributed by atoms with Crippen molar-refractivity contribution >= 4 is 17.9 Å². The zero-order valence-corrected chi connectivity index (χ0v) is 16.7. The first-order valence-electron chi connectivity index (χ1n) is 10.5. The summed E-state index contributed by atoms with van der Waals surface area (Å²) in [6.45, 7) is 1.71. The number of benzene rings is 1. The smallest absolute Gasteiger partial charge is 0.338 e. The molecule has 4 fully saturated rings. The second-order valence-electron chi connectivity index (χ2n) is 8.74. The second-order valence-corrected chi connectivity index (χ2v) is 8.74. The Hall–Kier alpha value is -2.57. The van der Waals surface area contributed by atoms with Crippen LogP contribution in [0.25, 0.3) is 0 Å². The maximum atomic E-state index is 12.4. The van der Waals surface area contributed by atoms with Gasteiger partial charge in [-0.15, -0.1) is 0 Å². The number of esters is 1. The van der Waals surface area contributed by atoms with Crippen LogP contribution >= 0.6 is 0 Å². The first kappa shape index (κ1) is 19.7. The van der Waals surface area contributed by atoms with Crippen LogP contribution in [0.3, 0.4) is 0 Å². The van der Waals surface area contributed by atoms with Gasteiger partial charge in [-0.25, -0.2) is 9.59 Å². The first-order chi connectivity index (χ1) is 13.9. The van der Waals surface area contributed by atoms with Gasteiger partial charge >= 0.3 is 12.0 Å². The molecule has 29 heavy (non-hydrogen) atoms. The Morgan fingerprint density at radius 2 is 1.72 bits per heavy atom. The van der Waals surface area contributed by atoms with Crippen molar-refractivity contribution in [3.63, 3.8) is 0 Å². The standard InChI is InChI=1S/C22H28N2O5/c1-2-28-20(26)17-4-3-5-18(9-17)29-13-19(25)23-21(27)24-22-10-14-6-15(11-22)8-16(7-14)12-22/h3-5,9,14-16H,2,6-8,10-13H2,1H3,(H2,23,24,25,27). The summed E-state index contributed by atoms with van der Waals surface area (Å²) in [6, 6.07) is 5.98. The largest absolute Gasteiger partial charge is 0.484 e. The molecular weight excluding hydrogens is 372 g/mol. The number of ether oxygens (including phenoxy) is 2. The molecule has 7 nitrogen and oxygen atoms in total. The molecule has 7 heteroatoms. The molecule has 0 unspecified atom stereocenters. The Morgan fingerprint density at radius 3 is 2.34 bits per heavy atom. The van der Waals surface area contributed by atoms with E-state index in [4.69, 9.17) is 9.47 Å². The minimum atomic E-state index is -0.520. The second kappa shape index (κ2) is 8.05. The Bertz CT molecular complexity index is 771. The molecule has 0 radical (unpaired) electrons. The van der Waals surface area contributed by atoms with E-state index in [1.54, 1.807) is 25.1 Å². The molecule has 3 amide bonds. The predicted octanol–water partition coefficient (Wildman–Crippen LogP) is 3.04. The number of amides is 3. The van der Waals surface area contributed by atoms with Crippen LogP contribution in [-0.2, 0) is 9.53 Å². The highest BCUT2D eigenvalue weighted by atomic mass is 16.5. The van der Waals surface area contributed by atoms with E-state index in [0.29, 0.717) is 29.1 Å². The highest BCUT2D eigenvalue weighted by molar-refractivity contribution is 5.95. The molecule has 156 valence electrons. The van der Waals surface area contributed by atoms with Crippen molar-refractivity contribution in [2.75, 3.05) is 13.2 Å². The Morgan fingerprint density at radius 1 is 1.07 bits per heavy atom. The van der Waals surface area contributed by atoms with E-state index < -0.39 is 17.9 Å². The summed E-state index contributed by atoms with van der Waals surface area (Å²) < 4.78 is 10.4. The molecular formula is C22H28N2O5. The molecule has 0 atom stereocenters. The summed E-state index contributed by atoms with van der Waals surface area (Å²) in [5.74, 6) is 1.55. The molecule has 1 aromatic rings. The zero-order valence-electron chi connectivity index (χ0n) is 16.7. The van der Waals surface area contributed by atoms with E-state index >= 15 is 0 Å². The van der Waals surface area contributed by atoms with Gasteiger partial charge in [0.2, 0.25) is 0 Å². The van der Waals surface area contributed by atoms with Crippen molar-refractivity contribution < 1.29 is 23.9 Å². The molecule has 0 spiro atoms. The van der Waals surface area contributed by atoms with Crippen LogP contribution in [0, 0.1) is 17.8 Å². The Balaban J connectivity index is 1.26. The summed E-state index contributed by atoms with van der Waals surface area (Å²) in [5, 5.41) is 5.48. The minimum absolute atomic E-state index is 0.145. The minimum Gasteiger partial charge on any atom is -0.484 e. The highest BCUT2D eigenvalue weighted by Crippen LogP contribution is 2.55. The predicted molar refractivity (Wildman–Crippen MR) is 105 cm³/mol. The number of nitrogens with one attached hydrogen (secondary N) is 2. The van der Waals surface area contributed by atoms with Gasteiger partial charge in [-0.3, -0.25) is 10.1 Å². The summed E-state index contributed by atoms with van der Waals surface area (Å²) in [5.41, 5.74) is 0.206. The highest BCUT2D eigenvalue weighted by Gasteiger charge is 2.51. The number of rotatable bonds is 6. The van der Waals surface area contributed by atoms with Gasteiger partial charge in [0.25, 0.3) is 5.91 Å². The van der Waals surface area contributed by atoms with Crippen molar-refractivity contribution in [2.24, 2.45) is 17.8 Å². The van der Waals surface area contributed by atoms with Gasteiger partial charge in [0.1, 0.15) is 5.75 Å². The van der Waals surface area contributed by atoms with Gasteiger partial charge in [0.15, 0.2) is 6.61 Å². The van der Waals surface area contributed by atoms with E-state index in [1.165, 1.54) is 25.3 Å². The van der Waals surface area contributed by atoms with Gasteiger partial charge in [-0.2, -0.15) is 0 Å². The van der Waals surface area contributed by atoms with Gasteiger partial charge in [0.05, 0.1) is 12.2 Å². The van der Waals surface area contributed by atoms with Gasteiger partial charge in [-0.05, 0) is 81.4 Å². The Labute approximate surface area is 170 Å². The van der Waals surface area contributed by atoms with Crippen molar-refractivity contribution in [1.29, 1.82) is 0 Å². The topological polar surface area (TPSA) is 93.7 Å². The zero-order chi connectivity index (χ0) is 20.4. The number of imide groups is 1. The number of carbonyl (C=O) groups excluding carboxylic acids is 3. The van der Waals surface area contributed by atoms with Crippen LogP contribution in [-0.4, -0.2) is 36.7 Å². The van der Waals surface area contributed by atoms with Crippen molar-refractivity contribution in [1.82, 2.24) is 10.6 Å². The quantitative estimate of drug-likeness (QED) is 0.716. The fraction of sp³-hybridized carbons (Fsp3) is 0.591.